The van der Waals surface area contributed by atoms with Crippen LogP contribution in [-0.2, 0) is 12.0 Å². The normalized spacial score (nSPS) is 20.5. The molecule has 2 unspecified atom stereocenters. The first-order valence-electron chi connectivity index (χ1n) is 9.98. The Morgan fingerprint density at radius 2 is 2.10 bits per heavy atom. The first-order valence-corrected chi connectivity index (χ1v) is 10.4. The molecule has 7 nitrogen and oxygen atoms in total. The highest BCUT2D eigenvalue weighted by Gasteiger charge is 2.42. The topological polar surface area (TPSA) is 90.9 Å². The van der Waals surface area contributed by atoms with E-state index in [0.717, 1.165) is 43.7 Å². The lowest BCUT2D eigenvalue weighted by Gasteiger charge is -2.20. The van der Waals surface area contributed by atoms with Gasteiger partial charge in [0, 0.05) is 42.2 Å². The first-order chi connectivity index (χ1) is 14.4. The van der Waals surface area contributed by atoms with Crippen molar-refractivity contribution in [2.45, 2.75) is 37.8 Å². The predicted molar refractivity (Wildman–Crippen MR) is 119 cm³/mol. The van der Waals surface area contributed by atoms with Crippen LogP contribution in [0.3, 0.4) is 0 Å². The number of nitrogens with zero attached hydrogens (tertiary/aromatic N) is 4. The third-order valence-electron chi connectivity index (χ3n) is 6.07. The summed E-state index contributed by atoms with van der Waals surface area (Å²) in [6.45, 7) is 4.65. The largest absolute Gasteiger partial charge is 0.480 e. The number of halogens is 3. The van der Waals surface area contributed by atoms with Crippen molar-refractivity contribution in [3.63, 3.8) is 0 Å². The van der Waals surface area contributed by atoms with E-state index >= 15 is 0 Å². The van der Waals surface area contributed by atoms with Crippen molar-refractivity contribution in [2.24, 2.45) is 0 Å². The maximum absolute atomic E-state index is 14.2. The van der Waals surface area contributed by atoms with Crippen LogP contribution in [0.4, 0.5) is 10.2 Å². The van der Waals surface area contributed by atoms with Crippen LogP contribution in [0.2, 0.25) is 5.02 Å². The minimum absolute atomic E-state index is 0. The number of nitrogens with two attached hydrogens (primary N) is 1. The van der Waals surface area contributed by atoms with Gasteiger partial charge in [-0.1, -0.05) is 11.6 Å². The molecule has 0 aliphatic carbocycles. The number of fused-ring (bicyclic) bond motifs is 2. The fourth-order valence-electron chi connectivity index (χ4n) is 4.44. The van der Waals surface area contributed by atoms with E-state index in [4.69, 9.17) is 27.2 Å². The Balaban J connectivity index is 0.00000231. The molecule has 10 heteroatoms. The second kappa shape index (κ2) is 8.26. The second-order valence-electron chi connectivity index (χ2n) is 7.98. The average molecular weight is 465 g/mol. The van der Waals surface area contributed by atoms with Crippen molar-refractivity contribution < 1.29 is 9.13 Å². The molecule has 5 heterocycles. The van der Waals surface area contributed by atoms with Crippen LogP contribution in [0.25, 0.3) is 11.3 Å². The van der Waals surface area contributed by atoms with Gasteiger partial charge in [0.05, 0.1) is 10.7 Å². The molecule has 1 fully saturated rings. The van der Waals surface area contributed by atoms with E-state index in [1.165, 1.54) is 18.0 Å². The molecule has 0 aromatic carbocycles. The summed E-state index contributed by atoms with van der Waals surface area (Å²) in [7, 11) is 0. The lowest BCUT2D eigenvalue weighted by molar-refractivity contribution is 0.216. The first kappa shape index (κ1) is 21.8. The van der Waals surface area contributed by atoms with Crippen LogP contribution >= 0.6 is 24.0 Å². The lowest BCUT2D eigenvalue weighted by Crippen LogP contribution is -2.25. The van der Waals surface area contributed by atoms with Crippen LogP contribution in [-0.4, -0.2) is 32.8 Å². The van der Waals surface area contributed by atoms with E-state index in [-0.39, 0.29) is 34.4 Å². The number of pyridine rings is 2. The smallest absolute Gasteiger partial charge is 0.166 e. The zero-order valence-corrected chi connectivity index (χ0v) is 18.5. The molecule has 0 bridgehead atoms. The molecule has 3 N–H and O–H groups in total. The van der Waals surface area contributed by atoms with Gasteiger partial charge in [-0.3, -0.25) is 9.67 Å². The number of hydrogen-bond acceptors (Lipinski definition) is 6. The summed E-state index contributed by atoms with van der Waals surface area (Å²) in [6, 6.07) is 5.15. The molecule has 31 heavy (non-hydrogen) atoms. The molecule has 0 amide bonds. The highest BCUT2D eigenvalue weighted by Crippen LogP contribution is 2.41. The third-order valence-corrected chi connectivity index (χ3v) is 6.28. The van der Waals surface area contributed by atoms with Gasteiger partial charge in [0.2, 0.25) is 0 Å². The lowest BCUT2D eigenvalue weighted by atomic mass is 9.82. The van der Waals surface area contributed by atoms with Gasteiger partial charge in [-0.15, -0.1) is 12.4 Å². The fourth-order valence-corrected chi connectivity index (χ4v) is 4.58. The summed E-state index contributed by atoms with van der Waals surface area (Å²) >= 11 is 5.79. The Kier molecular flexibility index (Phi) is 5.81. The van der Waals surface area contributed by atoms with Crippen molar-refractivity contribution in [1.29, 1.82) is 0 Å². The Morgan fingerprint density at radius 1 is 1.26 bits per heavy atom. The van der Waals surface area contributed by atoms with Gasteiger partial charge in [-0.2, -0.15) is 5.10 Å². The molecule has 3 aromatic rings. The molecule has 3 aromatic heterocycles. The van der Waals surface area contributed by atoms with Crippen molar-refractivity contribution in [3.05, 3.63) is 52.8 Å². The third kappa shape index (κ3) is 3.84. The zero-order chi connectivity index (χ0) is 20.9. The van der Waals surface area contributed by atoms with Gasteiger partial charge >= 0.3 is 0 Å². The van der Waals surface area contributed by atoms with Crippen LogP contribution in [0.1, 0.15) is 37.3 Å². The summed E-state index contributed by atoms with van der Waals surface area (Å²) in [5.41, 5.74) is 9.25. The number of aryl methyl sites for hydroxylation is 1. The molecule has 2 aliphatic rings. The number of nitrogens with one attached hydrogen (secondary N) is 1. The summed E-state index contributed by atoms with van der Waals surface area (Å²) in [5, 5.41) is 8.48. The van der Waals surface area contributed by atoms with Crippen molar-refractivity contribution >= 4 is 29.8 Å². The highest BCUT2D eigenvalue weighted by molar-refractivity contribution is 6.30. The van der Waals surface area contributed by atoms with Crippen molar-refractivity contribution in [2.75, 3.05) is 18.8 Å². The van der Waals surface area contributed by atoms with Gasteiger partial charge in [0.15, 0.2) is 11.6 Å². The molecule has 1 spiro atoms. The average Bonchev–Trinajstić information content (AvgIpc) is 3.42. The highest BCUT2D eigenvalue weighted by atomic mass is 35.5. The van der Waals surface area contributed by atoms with Gasteiger partial charge in [0.25, 0.3) is 0 Å². The standard InChI is InChI=1S/C21H22ClFN6O.ClH/c1-12(19-15(23)7-14(22)10-26-19)30-17-6-13(9-27-20(17)24)16-8-18-21(2-4-25-11-21)3-5-29(18)28-16;/h6-10,12,25H,2-5,11H2,1H3,(H2,24,27);1H. The fraction of sp³-hybridized carbons (Fsp3) is 0.381. The van der Waals surface area contributed by atoms with Crippen LogP contribution < -0.4 is 15.8 Å². The molecular weight excluding hydrogens is 442 g/mol. The Morgan fingerprint density at radius 3 is 2.84 bits per heavy atom. The summed E-state index contributed by atoms with van der Waals surface area (Å²) in [6.07, 6.45) is 4.66. The van der Waals surface area contributed by atoms with Gasteiger partial charge < -0.3 is 15.8 Å². The number of nitrogen functional groups attached to an aromatic ring is 1. The van der Waals surface area contributed by atoms with E-state index in [9.17, 15) is 4.39 Å². The molecule has 0 saturated carbocycles. The number of aromatic nitrogens is 4. The maximum atomic E-state index is 14.2. The molecule has 0 radical (unpaired) electrons. The minimum Gasteiger partial charge on any atom is -0.480 e. The maximum Gasteiger partial charge on any atom is 0.166 e. The van der Waals surface area contributed by atoms with E-state index in [1.807, 2.05) is 0 Å². The summed E-state index contributed by atoms with van der Waals surface area (Å²) in [5.74, 6) is 0.0587. The number of ether oxygens (including phenoxy) is 1. The predicted octanol–water partition coefficient (Wildman–Crippen LogP) is 3.91. The van der Waals surface area contributed by atoms with Gasteiger partial charge in [-0.25, -0.2) is 9.37 Å². The number of anilines is 1. The quantitative estimate of drug-likeness (QED) is 0.607. The van der Waals surface area contributed by atoms with E-state index in [1.54, 1.807) is 19.2 Å². The molecular formula is C21H23Cl2FN6O. The van der Waals surface area contributed by atoms with Crippen molar-refractivity contribution in [3.8, 4) is 17.0 Å². The van der Waals surface area contributed by atoms with E-state index in [2.05, 4.69) is 26.0 Å². The van der Waals surface area contributed by atoms with E-state index < -0.39 is 11.9 Å². The Hall–Kier alpha value is -2.42. The second-order valence-corrected chi connectivity index (χ2v) is 8.42. The molecule has 5 rings (SSSR count). The molecule has 1 saturated heterocycles. The van der Waals surface area contributed by atoms with E-state index in [0.29, 0.717) is 5.75 Å². The van der Waals surface area contributed by atoms with Crippen molar-refractivity contribution in [1.82, 2.24) is 25.1 Å². The van der Waals surface area contributed by atoms with Crippen LogP contribution in [0.15, 0.2) is 30.6 Å². The monoisotopic (exact) mass is 464 g/mol. The number of hydrogen-bond donors (Lipinski definition) is 2. The van der Waals surface area contributed by atoms with Gasteiger partial charge in [-0.05, 0) is 44.5 Å². The molecule has 164 valence electrons. The van der Waals surface area contributed by atoms with Crippen LogP contribution in [0.5, 0.6) is 5.75 Å². The number of rotatable bonds is 4. The zero-order valence-electron chi connectivity index (χ0n) is 16.9. The molecule has 2 aliphatic heterocycles. The minimum atomic E-state index is -0.665. The Labute approximate surface area is 190 Å². The van der Waals surface area contributed by atoms with Gasteiger partial charge in [0.1, 0.15) is 17.6 Å². The summed E-state index contributed by atoms with van der Waals surface area (Å²) < 4.78 is 22.2. The Bertz CT molecular complexity index is 1120. The SMILES string of the molecule is CC(Oc1cc(-c2cc3n(n2)CCC32CCNC2)cnc1N)c1ncc(Cl)cc1F.Cl. The summed E-state index contributed by atoms with van der Waals surface area (Å²) in [4.78, 5) is 8.31. The molecule has 2 atom stereocenters. The van der Waals surface area contributed by atoms with Crippen LogP contribution in [0, 0.1) is 5.82 Å².